The third-order valence-electron chi connectivity index (χ3n) is 4.23. The van der Waals surface area contributed by atoms with Gasteiger partial charge in [-0.05, 0) is 24.7 Å². The van der Waals surface area contributed by atoms with E-state index in [-0.39, 0.29) is 0 Å². The largest absolute Gasteiger partial charge is 0.497 e. The minimum atomic E-state index is 0.533. The van der Waals surface area contributed by atoms with Gasteiger partial charge in [-0.3, -0.25) is 0 Å². The van der Waals surface area contributed by atoms with Crippen LogP contribution >= 0.6 is 0 Å². The van der Waals surface area contributed by atoms with E-state index in [1.165, 1.54) is 19.3 Å². The van der Waals surface area contributed by atoms with E-state index in [2.05, 4.69) is 19.2 Å². The summed E-state index contributed by atoms with van der Waals surface area (Å²) in [6.45, 7) is 4.68. The zero-order valence-corrected chi connectivity index (χ0v) is 12.4. The molecule has 0 spiro atoms. The number of methoxy groups -OCH3 is 2. The van der Waals surface area contributed by atoms with Gasteiger partial charge in [-0.1, -0.05) is 20.3 Å². The molecular weight excluding hydrogens is 238 g/mol. The van der Waals surface area contributed by atoms with Gasteiger partial charge in [0.1, 0.15) is 11.5 Å². The second-order valence-electron chi connectivity index (χ2n) is 5.66. The Balaban J connectivity index is 2.17. The van der Waals surface area contributed by atoms with Gasteiger partial charge >= 0.3 is 0 Å². The molecule has 2 unspecified atom stereocenters. The van der Waals surface area contributed by atoms with Crippen molar-refractivity contribution in [3.8, 4) is 11.5 Å². The molecule has 0 heterocycles. The average Bonchev–Trinajstić information content (AvgIpc) is 2.42. The fourth-order valence-corrected chi connectivity index (χ4v) is 3.05. The van der Waals surface area contributed by atoms with Crippen molar-refractivity contribution < 1.29 is 9.47 Å². The maximum absolute atomic E-state index is 5.32. The van der Waals surface area contributed by atoms with Gasteiger partial charge in [0.05, 0.1) is 14.2 Å². The van der Waals surface area contributed by atoms with Crippen LogP contribution in [0.1, 0.15) is 33.1 Å². The number of nitrogens with one attached hydrogen (secondary N) is 1. The van der Waals surface area contributed by atoms with Crippen LogP contribution in [0.15, 0.2) is 18.2 Å². The highest BCUT2D eigenvalue weighted by molar-refractivity contribution is 5.54. The lowest BCUT2D eigenvalue weighted by Crippen LogP contribution is -2.37. The van der Waals surface area contributed by atoms with E-state index < -0.39 is 0 Å². The SMILES string of the molecule is COc1cc(NC2C(C)CCCC2C)cc(OC)c1. The van der Waals surface area contributed by atoms with Crippen molar-refractivity contribution in [1.82, 2.24) is 0 Å². The van der Waals surface area contributed by atoms with Crippen LogP contribution in [0.25, 0.3) is 0 Å². The van der Waals surface area contributed by atoms with Crippen LogP contribution in [0, 0.1) is 11.8 Å². The molecule has 1 fully saturated rings. The van der Waals surface area contributed by atoms with Crippen molar-refractivity contribution in [2.45, 2.75) is 39.2 Å². The highest BCUT2D eigenvalue weighted by Gasteiger charge is 2.27. The van der Waals surface area contributed by atoms with Gasteiger partial charge in [0.15, 0.2) is 0 Å². The minimum absolute atomic E-state index is 0.533. The second kappa shape index (κ2) is 6.18. The predicted molar refractivity (Wildman–Crippen MR) is 79.1 cm³/mol. The molecule has 1 aromatic rings. The molecule has 1 aromatic carbocycles. The molecule has 19 heavy (non-hydrogen) atoms. The van der Waals surface area contributed by atoms with Gasteiger partial charge < -0.3 is 14.8 Å². The molecular formula is C16H25NO2. The van der Waals surface area contributed by atoms with Crippen molar-refractivity contribution in [3.05, 3.63) is 18.2 Å². The van der Waals surface area contributed by atoms with Crippen molar-refractivity contribution in [1.29, 1.82) is 0 Å². The molecule has 1 N–H and O–H groups in total. The van der Waals surface area contributed by atoms with Crippen LogP contribution in [0.5, 0.6) is 11.5 Å². The minimum Gasteiger partial charge on any atom is -0.497 e. The molecule has 3 nitrogen and oxygen atoms in total. The predicted octanol–water partition coefficient (Wildman–Crippen LogP) is 3.94. The first-order valence-corrected chi connectivity index (χ1v) is 7.13. The summed E-state index contributed by atoms with van der Waals surface area (Å²) in [5.41, 5.74) is 1.09. The van der Waals surface area contributed by atoms with Gasteiger partial charge in [0.25, 0.3) is 0 Å². The Labute approximate surface area is 116 Å². The molecule has 1 saturated carbocycles. The number of hydrogen-bond donors (Lipinski definition) is 1. The zero-order chi connectivity index (χ0) is 13.8. The number of rotatable bonds is 4. The Kier molecular flexibility index (Phi) is 4.56. The quantitative estimate of drug-likeness (QED) is 0.892. The number of ether oxygens (including phenoxy) is 2. The molecule has 0 saturated heterocycles. The smallest absolute Gasteiger partial charge is 0.124 e. The summed E-state index contributed by atoms with van der Waals surface area (Å²) in [4.78, 5) is 0. The van der Waals surface area contributed by atoms with Gasteiger partial charge in [-0.15, -0.1) is 0 Å². The first-order chi connectivity index (χ1) is 9.13. The molecule has 0 aromatic heterocycles. The van der Waals surface area contributed by atoms with Crippen LogP contribution < -0.4 is 14.8 Å². The lowest BCUT2D eigenvalue weighted by atomic mass is 9.78. The molecule has 1 aliphatic carbocycles. The van der Waals surface area contributed by atoms with Crippen molar-refractivity contribution in [3.63, 3.8) is 0 Å². The van der Waals surface area contributed by atoms with E-state index in [1.54, 1.807) is 14.2 Å². The van der Waals surface area contributed by atoms with Gasteiger partial charge in [0, 0.05) is 29.9 Å². The van der Waals surface area contributed by atoms with Crippen LogP contribution in [0.2, 0.25) is 0 Å². The van der Waals surface area contributed by atoms with Gasteiger partial charge in [-0.2, -0.15) is 0 Å². The second-order valence-corrected chi connectivity index (χ2v) is 5.66. The molecule has 0 bridgehead atoms. The highest BCUT2D eigenvalue weighted by Crippen LogP contribution is 2.33. The molecule has 0 radical (unpaired) electrons. The lowest BCUT2D eigenvalue weighted by molar-refractivity contribution is 0.268. The van der Waals surface area contributed by atoms with Gasteiger partial charge in [-0.25, -0.2) is 0 Å². The molecule has 3 heteroatoms. The maximum Gasteiger partial charge on any atom is 0.124 e. The van der Waals surface area contributed by atoms with Crippen LogP contribution in [0.4, 0.5) is 5.69 Å². The fourth-order valence-electron chi connectivity index (χ4n) is 3.05. The number of anilines is 1. The number of benzene rings is 1. The first kappa shape index (κ1) is 14.0. The Bertz CT molecular complexity index is 387. The maximum atomic E-state index is 5.32. The Morgan fingerprint density at radius 3 is 1.95 bits per heavy atom. The van der Waals surface area contributed by atoms with Crippen molar-refractivity contribution in [2.24, 2.45) is 11.8 Å². The fraction of sp³-hybridized carbons (Fsp3) is 0.625. The van der Waals surface area contributed by atoms with E-state index in [9.17, 15) is 0 Å². The molecule has 106 valence electrons. The topological polar surface area (TPSA) is 30.5 Å². The summed E-state index contributed by atoms with van der Waals surface area (Å²) in [6.07, 6.45) is 3.97. The summed E-state index contributed by atoms with van der Waals surface area (Å²) in [5.74, 6) is 3.08. The highest BCUT2D eigenvalue weighted by atomic mass is 16.5. The average molecular weight is 263 g/mol. The van der Waals surface area contributed by atoms with E-state index in [4.69, 9.17) is 9.47 Å². The van der Waals surface area contributed by atoms with Crippen LogP contribution in [-0.4, -0.2) is 20.3 Å². The summed E-state index contributed by atoms with van der Waals surface area (Å²) >= 11 is 0. The molecule has 2 atom stereocenters. The third-order valence-corrected chi connectivity index (χ3v) is 4.23. The summed E-state index contributed by atoms with van der Waals surface area (Å²) < 4.78 is 10.6. The molecule has 0 amide bonds. The van der Waals surface area contributed by atoms with Crippen LogP contribution in [-0.2, 0) is 0 Å². The zero-order valence-electron chi connectivity index (χ0n) is 12.4. The van der Waals surface area contributed by atoms with E-state index in [1.807, 2.05) is 18.2 Å². The molecule has 0 aliphatic heterocycles. The Hall–Kier alpha value is -1.38. The van der Waals surface area contributed by atoms with Gasteiger partial charge in [0.2, 0.25) is 0 Å². The Morgan fingerprint density at radius 2 is 1.47 bits per heavy atom. The van der Waals surface area contributed by atoms with Crippen molar-refractivity contribution in [2.75, 3.05) is 19.5 Å². The normalized spacial score (nSPS) is 26.8. The molecule has 2 rings (SSSR count). The standard InChI is InChI=1S/C16H25NO2/c1-11-6-5-7-12(2)16(11)17-13-8-14(18-3)10-15(9-13)19-4/h8-12,16-17H,5-7H2,1-4H3. The Morgan fingerprint density at radius 1 is 0.947 bits per heavy atom. The summed E-state index contributed by atoms with van der Waals surface area (Å²) in [6, 6.07) is 6.51. The van der Waals surface area contributed by atoms with E-state index >= 15 is 0 Å². The summed E-state index contributed by atoms with van der Waals surface area (Å²) in [5, 5.41) is 3.67. The van der Waals surface area contributed by atoms with E-state index in [0.29, 0.717) is 17.9 Å². The van der Waals surface area contributed by atoms with Crippen LogP contribution in [0.3, 0.4) is 0 Å². The molecule has 1 aliphatic rings. The lowest BCUT2D eigenvalue weighted by Gasteiger charge is -2.36. The summed E-state index contributed by atoms with van der Waals surface area (Å²) in [7, 11) is 3.37. The van der Waals surface area contributed by atoms with E-state index in [0.717, 1.165) is 17.2 Å². The third kappa shape index (κ3) is 3.34. The monoisotopic (exact) mass is 263 g/mol. The number of hydrogen-bond acceptors (Lipinski definition) is 3. The first-order valence-electron chi connectivity index (χ1n) is 7.13. The van der Waals surface area contributed by atoms with Crippen molar-refractivity contribution >= 4 is 5.69 Å².